The van der Waals surface area contributed by atoms with Crippen molar-refractivity contribution in [2.45, 2.75) is 51.0 Å². The van der Waals surface area contributed by atoms with E-state index in [2.05, 4.69) is 20.2 Å². The second-order valence-corrected chi connectivity index (χ2v) is 10.9. The van der Waals surface area contributed by atoms with Crippen LogP contribution in [0, 0.1) is 5.92 Å². The highest BCUT2D eigenvalue weighted by molar-refractivity contribution is 5.97. The smallest absolute Gasteiger partial charge is 0.322 e. The number of amides is 2. The van der Waals surface area contributed by atoms with E-state index in [1.54, 1.807) is 13.2 Å². The zero-order valence-corrected chi connectivity index (χ0v) is 23.4. The average Bonchev–Trinajstić information content (AvgIpc) is 3.14. The van der Waals surface area contributed by atoms with E-state index >= 15 is 0 Å². The highest BCUT2D eigenvalue weighted by Gasteiger charge is 2.34. The van der Waals surface area contributed by atoms with Gasteiger partial charge in [-0.05, 0) is 61.9 Å². The molecule has 1 aromatic heterocycles. The molecule has 3 heterocycles. The molecule has 1 N–H and O–H groups in total. The molecule has 0 radical (unpaired) electrons. The van der Waals surface area contributed by atoms with E-state index in [0.29, 0.717) is 25.5 Å². The monoisotopic (exact) mass is 563 g/mol. The number of carbonyl (C=O) groups excluding carboxylic acids is 2. The van der Waals surface area contributed by atoms with Gasteiger partial charge < -0.3 is 19.9 Å². The number of urea groups is 1. The number of nitrogens with one attached hydrogen (secondary N) is 1. The number of hydrogen-bond donors (Lipinski definition) is 1. The molecule has 0 bridgehead atoms. The van der Waals surface area contributed by atoms with Crippen LogP contribution < -0.4 is 15.0 Å². The summed E-state index contributed by atoms with van der Waals surface area (Å²) in [5, 5.41) is 3.03. The Morgan fingerprint density at radius 2 is 1.85 bits per heavy atom. The fourth-order valence-corrected chi connectivity index (χ4v) is 5.76. The maximum atomic E-state index is 14.0. The van der Waals surface area contributed by atoms with Gasteiger partial charge in [0, 0.05) is 49.8 Å². The number of hydrogen-bond acceptors (Lipinski definition) is 6. The molecule has 1 fully saturated rings. The summed E-state index contributed by atoms with van der Waals surface area (Å²) in [5.41, 5.74) is 2.82. The molecule has 1 atom stereocenters. The number of halogens is 2. The Bertz CT molecular complexity index is 1370. The van der Waals surface area contributed by atoms with Crippen molar-refractivity contribution < 1.29 is 23.1 Å². The Morgan fingerprint density at radius 3 is 2.56 bits per heavy atom. The molecule has 3 aromatic rings. The number of ketones is 1. The lowest BCUT2D eigenvalue weighted by Gasteiger charge is -2.38. The molecular formula is C31H35F2N5O3. The minimum absolute atomic E-state index is 0.0624. The number of rotatable bonds is 9. The van der Waals surface area contributed by atoms with Gasteiger partial charge in [0.2, 0.25) is 5.92 Å². The molecule has 216 valence electrons. The summed E-state index contributed by atoms with van der Waals surface area (Å²) in [5.74, 6) is -2.96. The first kappa shape index (κ1) is 28.4. The number of benzene rings is 2. The van der Waals surface area contributed by atoms with E-state index in [1.165, 1.54) is 6.33 Å². The summed E-state index contributed by atoms with van der Waals surface area (Å²) in [6, 6.07) is 16.4. The highest BCUT2D eigenvalue weighted by Crippen LogP contribution is 2.30. The van der Waals surface area contributed by atoms with Crippen molar-refractivity contribution in [3.05, 3.63) is 77.7 Å². The summed E-state index contributed by atoms with van der Waals surface area (Å²) in [7, 11) is 1.63. The first-order valence-corrected chi connectivity index (χ1v) is 14.0. The topological polar surface area (TPSA) is 87.7 Å². The third kappa shape index (κ3) is 6.99. The number of anilines is 2. The molecule has 0 aliphatic carbocycles. The van der Waals surface area contributed by atoms with Crippen molar-refractivity contribution in [3.63, 3.8) is 0 Å². The van der Waals surface area contributed by atoms with Crippen molar-refractivity contribution in [1.82, 2.24) is 14.9 Å². The maximum Gasteiger partial charge on any atom is 0.322 e. The van der Waals surface area contributed by atoms with E-state index in [4.69, 9.17) is 4.74 Å². The van der Waals surface area contributed by atoms with Crippen LogP contribution in [0.25, 0.3) is 0 Å². The normalized spacial score (nSPS) is 16.9. The number of methoxy groups -OCH3 is 1. The third-order valence-electron chi connectivity index (χ3n) is 7.87. The summed E-state index contributed by atoms with van der Waals surface area (Å²) in [6.07, 6.45) is 3.18. The molecule has 2 aliphatic rings. The number of piperidine rings is 1. The van der Waals surface area contributed by atoms with E-state index < -0.39 is 24.0 Å². The number of fused-ring (bicyclic) bond motifs is 1. The molecule has 2 aliphatic heterocycles. The molecular weight excluding hydrogens is 528 g/mol. The SMILES string of the molecule is COc1ccc2c(c1)CCN(C1CCN(c3cc(C(=O)C(Cc4ccccc4)CC(C)(F)F)ncn3)CC1)C(=O)N2. The van der Waals surface area contributed by atoms with Crippen LogP contribution in [0.3, 0.4) is 0 Å². The van der Waals surface area contributed by atoms with Gasteiger partial charge in [-0.3, -0.25) is 4.79 Å². The summed E-state index contributed by atoms with van der Waals surface area (Å²) >= 11 is 0. The Kier molecular flexibility index (Phi) is 8.46. The maximum absolute atomic E-state index is 14.0. The average molecular weight is 564 g/mol. The number of ether oxygens (including phenoxy) is 1. The van der Waals surface area contributed by atoms with Crippen molar-refractivity contribution in [1.29, 1.82) is 0 Å². The number of carbonyl (C=O) groups is 2. The number of alkyl halides is 2. The highest BCUT2D eigenvalue weighted by atomic mass is 19.3. The fraction of sp³-hybridized carbons (Fsp3) is 0.419. The second kappa shape index (κ2) is 12.2. The van der Waals surface area contributed by atoms with Crippen LogP contribution in [0.15, 0.2) is 60.9 Å². The van der Waals surface area contributed by atoms with Gasteiger partial charge in [0.15, 0.2) is 5.78 Å². The zero-order valence-electron chi connectivity index (χ0n) is 23.4. The summed E-state index contributed by atoms with van der Waals surface area (Å²) in [4.78, 5) is 39.0. The third-order valence-corrected chi connectivity index (χ3v) is 7.87. The van der Waals surface area contributed by atoms with Crippen LogP contribution in [0.1, 0.15) is 47.8 Å². The van der Waals surface area contributed by atoms with E-state index in [1.807, 2.05) is 53.4 Å². The van der Waals surface area contributed by atoms with E-state index in [9.17, 15) is 18.4 Å². The van der Waals surface area contributed by atoms with Crippen LogP contribution in [-0.4, -0.2) is 65.4 Å². The lowest BCUT2D eigenvalue weighted by Crippen LogP contribution is -2.49. The number of nitrogens with zero attached hydrogens (tertiary/aromatic N) is 4. The summed E-state index contributed by atoms with van der Waals surface area (Å²) in [6.45, 7) is 2.72. The van der Waals surface area contributed by atoms with E-state index in [0.717, 1.165) is 48.8 Å². The minimum atomic E-state index is -2.99. The molecule has 1 saturated heterocycles. The minimum Gasteiger partial charge on any atom is -0.497 e. The molecule has 41 heavy (non-hydrogen) atoms. The van der Waals surface area contributed by atoms with Gasteiger partial charge in [-0.15, -0.1) is 0 Å². The first-order chi connectivity index (χ1) is 19.7. The van der Waals surface area contributed by atoms with Crippen molar-refractivity contribution in [2.24, 2.45) is 5.92 Å². The predicted molar refractivity (Wildman–Crippen MR) is 153 cm³/mol. The van der Waals surface area contributed by atoms with Gasteiger partial charge in [-0.2, -0.15) is 0 Å². The van der Waals surface area contributed by atoms with Gasteiger partial charge in [0.25, 0.3) is 0 Å². The van der Waals surface area contributed by atoms with Crippen molar-refractivity contribution in [2.75, 3.05) is 37.0 Å². The van der Waals surface area contributed by atoms with Gasteiger partial charge >= 0.3 is 6.03 Å². The first-order valence-electron chi connectivity index (χ1n) is 14.0. The Morgan fingerprint density at radius 1 is 1.10 bits per heavy atom. The molecule has 0 saturated carbocycles. The van der Waals surface area contributed by atoms with Gasteiger partial charge in [0.1, 0.15) is 23.6 Å². The standard InChI is InChI=1S/C31H35F2N5O3/c1-31(32,33)19-23(16-21-6-4-3-5-7-21)29(39)27-18-28(35-20-34-27)37-13-11-24(12-14-37)38-15-10-22-17-25(41-2)8-9-26(22)36-30(38)40/h3-9,17-18,20,23-24H,10-16,19H2,1-2H3,(H,36,40). The molecule has 1 unspecified atom stereocenters. The zero-order chi connectivity index (χ0) is 29.0. The van der Waals surface area contributed by atoms with Crippen molar-refractivity contribution in [3.8, 4) is 5.75 Å². The van der Waals surface area contributed by atoms with Crippen LogP contribution in [0.5, 0.6) is 5.75 Å². The summed E-state index contributed by atoms with van der Waals surface area (Å²) < 4.78 is 33.4. The number of aromatic nitrogens is 2. The van der Waals surface area contributed by atoms with Gasteiger partial charge in [-0.1, -0.05) is 30.3 Å². The Hall–Kier alpha value is -4.08. The molecule has 0 spiro atoms. The van der Waals surface area contributed by atoms with Crippen LogP contribution in [-0.2, 0) is 12.8 Å². The molecule has 2 aromatic carbocycles. The number of Topliss-reactive ketones (excluding diaryl/α,β-unsaturated/α-hetero) is 1. The molecule has 8 nitrogen and oxygen atoms in total. The molecule has 2 amide bonds. The second-order valence-electron chi connectivity index (χ2n) is 10.9. The predicted octanol–water partition coefficient (Wildman–Crippen LogP) is 5.63. The van der Waals surface area contributed by atoms with Gasteiger partial charge in [-0.25, -0.2) is 23.5 Å². The lowest BCUT2D eigenvalue weighted by molar-refractivity contribution is -0.00201. The van der Waals surface area contributed by atoms with Crippen LogP contribution >= 0.6 is 0 Å². The Labute approximate surface area is 238 Å². The van der Waals surface area contributed by atoms with Gasteiger partial charge in [0.05, 0.1) is 7.11 Å². The molecule has 10 heteroatoms. The van der Waals surface area contributed by atoms with Crippen molar-refractivity contribution >= 4 is 23.3 Å². The van der Waals surface area contributed by atoms with E-state index in [-0.39, 0.29) is 24.2 Å². The van der Waals surface area contributed by atoms with Crippen LogP contribution in [0.2, 0.25) is 0 Å². The lowest BCUT2D eigenvalue weighted by atomic mass is 9.88. The largest absolute Gasteiger partial charge is 0.497 e. The Balaban J connectivity index is 1.24. The molecule has 5 rings (SSSR count). The fourth-order valence-electron chi connectivity index (χ4n) is 5.76. The quantitative estimate of drug-likeness (QED) is 0.340. The van der Waals surface area contributed by atoms with Crippen LogP contribution in [0.4, 0.5) is 25.1 Å².